The first-order valence-electron chi connectivity index (χ1n) is 4.66. The zero-order chi connectivity index (χ0) is 11.3. The second kappa shape index (κ2) is 5.70. The number of hydrogen-bond donors (Lipinski definition) is 2. The first-order chi connectivity index (χ1) is 7.15. The van der Waals surface area contributed by atoms with Crippen molar-refractivity contribution in [1.82, 2.24) is 0 Å². The second-order valence-corrected chi connectivity index (χ2v) is 3.84. The number of benzene rings is 1. The summed E-state index contributed by atoms with van der Waals surface area (Å²) in [6, 6.07) is 4.71. The molecule has 0 radical (unpaired) electrons. The standard InChI is InChI=1S/C10H13BrFN3/c1-2-6-14-10(13)15-9-7(11)4-3-5-8(9)12/h3-5H,2,6H2,1H3,(H3,13,14,15). The van der Waals surface area contributed by atoms with E-state index in [1.165, 1.54) is 6.07 Å². The van der Waals surface area contributed by atoms with Gasteiger partial charge in [0.1, 0.15) is 5.82 Å². The van der Waals surface area contributed by atoms with Gasteiger partial charge in [-0.3, -0.25) is 4.99 Å². The molecule has 1 rings (SSSR count). The molecule has 0 unspecified atom stereocenters. The molecule has 0 saturated carbocycles. The Balaban J connectivity index is 2.80. The highest BCUT2D eigenvalue weighted by molar-refractivity contribution is 9.10. The van der Waals surface area contributed by atoms with Crippen LogP contribution in [0.1, 0.15) is 13.3 Å². The molecule has 0 aromatic heterocycles. The normalized spacial score (nSPS) is 11.5. The third kappa shape index (κ3) is 3.51. The van der Waals surface area contributed by atoms with Crippen molar-refractivity contribution in [3.8, 4) is 0 Å². The number of halogens is 2. The molecule has 0 aliphatic heterocycles. The Hall–Kier alpha value is -1.10. The fourth-order valence-electron chi connectivity index (χ4n) is 1.02. The molecule has 0 bridgehead atoms. The van der Waals surface area contributed by atoms with E-state index in [0.717, 1.165) is 6.42 Å². The quantitative estimate of drug-likeness (QED) is 0.657. The summed E-state index contributed by atoms with van der Waals surface area (Å²) in [5.41, 5.74) is 5.90. The van der Waals surface area contributed by atoms with Gasteiger partial charge in [-0.25, -0.2) is 4.39 Å². The van der Waals surface area contributed by atoms with Crippen LogP contribution in [-0.2, 0) is 0 Å². The van der Waals surface area contributed by atoms with E-state index in [4.69, 9.17) is 5.73 Å². The van der Waals surface area contributed by atoms with Crippen molar-refractivity contribution in [2.45, 2.75) is 13.3 Å². The van der Waals surface area contributed by atoms with Crippen molar-refractivity contribution in [2.24, 2.45) is 10.7 Å². The van der Waals surface area contributed by atoms with Gasteiger partial charge in [-0.1, -0.05) is 13.0 Å². The van der Waals surface area contributed by atoms with E-state index in [2.05, 4.69) is 26.2 Å². The highest BCUT2D eigenvalue weighted by Crippen LogP contribution is 2.24. The molecular formula is C10H13BrFN3. The Labute approximate surface area is 96.7 Å². The number of anilines is 1. The van der Waals surface area contributed by atoms with E-state index in [9.17, 15) is 4.39 Å². The molecule has 0 spiro atoms. The zero-order valence-electron chi connectivity index (χ0n) is 8.43. The minimum absolute atomic E-state index is 0.225. The predicted octanol–water partition coefficient (Wildman–Crippen LogP) is 2.72. The Morgan fingerprint density at radius 3 is 2.93 bits per heavy atom. The molecule has 1 aromatic carbocycles. The molecule has 15 heavy (non-hydrogen) atoms. The van der Waals surface area contributed by atoms with Crippen LogP contribution < -0.4 is 11.1 Å². The lowest BCUT2D eigenvalue weighted by molar-refractivity contribution is 0.631. The van der Waals surface area contributed by atoms with Crippen molar-refractivity contribution in [3.05, 3.63) is 28.5 Å². The number of guanidine groups is 1. The van der Waals surface area contributed by atoms with Crippen LogP contribution in [0.4, 0.5) is 10.1 Å². The maximum Gasteiger partial charge on any atom is 0.193 e. The summed E-state index contributed by atoms with van der Waals surface area (Å²) in [5, 5.41) is 2.72. The maximum atomic E-state index is 13.3. The molecule has 5 heteroatoms. The van der Waals surface area contributed by atoms with Gasteiger partial charge in [0.2, 0.25) is 0 Å². The van der Waals surface area contributed by atoms with Crippen LogP contribution in [0, 0.1) is 5.82 Å². The molecule has 0 atom stereocenters. The molecule has 3 N–H and O–H groups in total. The average molecular weight is 274 g/mol. The van der Waals surface area contributed by atoms with Gasteiger partial charge in [-0.2, -0.15) is 0 Å². The minimum atomic E-state index is -0.362. The van der Waals surface area contributed by atoms with E-state index in [1.54, 1.807) is 12.1 Å². The number of nitrogens with two attached hydrogens (primary N) is 1. The van der Waals surface area contributed by atoms with Crippen molar-refractivity contribution in [2.75, 3.05) is 11.9 Å². The van der Waals surface area contributed by atoms with Gasteiger partial charge >= 0.3 is 0 Å². The van der Waals surface area contributed by atoms with Gasteiger partial charge in [-0.15, -0.1) is 0 Å². The molecule has 0 aliphatic rings. The summed E-state index contributed by atoms with van der Waals surface area (Å²) in [5.74, 6) is -0.137. The van der Waals surface area contributed by atoms with Gasteiger partial charge in [0.25, 0.3) is 0 Å². The molecule has 0 fully saturated rings. The first kappa shape index (κ1) is 12.0. The van der Waals surface area contributed by atoms with Crippen LogP contribution >= 0.6 is 15.9 Å². The lowest BCUT2D eigenvalue weighted by Crippen LogP contribution is -2.23. The van der Waals surface area contributed by atoms with Crippen LogP contribution in [0.15, 0.2) is 27.7 Å². The second-order valence-electron chi connectivity index (χ2n) is 2.99. The molecule has 0 aliphatic carbocycles. The van der Waals surface area contributed by atoms with E-state index in [-0.39, 0.29) is 11.8 Å². The Kier molecular flexibility index (Phi) is 4.55. The summed E-state index contributed by atoms with van der Waals surface area (Å²) < 4.78 is 14.0. The van der Waals surface area contributed by atoms with Crippen LogP contribution in [0.3, 0.4) is 0 Å². The van der Waals surface area contributed by atoms with Gasteiger partial charge < -0.3 is 11.1 Å². The van der Waals surface area contributed by atoms with E-state index >= 15 is 0 Å². The number of nitrogens with one attached hydrogen (secondary N) is 1. The summed E-state index contributed by atoms with van der Waals surface area (Å²) in [7, 11) is 0. The Morgan fingerprint density at radius 1 is 1.60 bits per heavy atom. The molecule has 0 saturated heterocycles. The summed E-state index contributed by atoms with van der Waals surface area (Å²) in [6.45, 7) is 2.63. The third-order valence-corrected chi connectivity index (χ3v) is 2.38. The van der Waals surface area contributed by atoms with Crippen LogP contribution in [0.5, 0.6) is 0 Å². The highest BCUT2D eigenvalue weighted by Gasteiger charge is 2.06. The number of nitrogens with zero attached hydrogens (tertiary/aromatic N) is 1. The van der Waals surface area contributed by atoms with Gasteiger partial charge in [-0.05, 0) is 34.5 Å². The largest absolute Gasteiger partial charge is 0.370 e. The maximum absolute atomic E-state index is 13.3. The molecule has 0 heterocycles. The number of aliphatic imine (C=N–C) groups is 1. The van der Waals surface area contributed by atoms with E-state index in [0.29, 0.717) is 16.7 Å². The predicted molar refractivity (Wildman–Crippen MR) is 64.5 cm³/mol. The lowest BCUT2D eigenvalue weighted by Gasteiger charge is -2.08. The zero-order valence-corrected chi connectivity index (χ0v) is 10.0. The SMILES string of the molecule is CCCN=C(N)Nc1c(F)cccc1Br. The number of rotatable bonds is 3. The Bertz CT molecular complexity index is 345. The molecular weight excluding hydrogens is 261 g/mol. The molecule has 0 amide bonds. The van der Waals surface area contributed by atoms with Crippen LogP contribution in [0.25, 0.3) is 0 Å². The number of para-hydroxylation sites is 1. The van der Waals surface area contributed by atoms with Crippen LogP contribution in [0.2, 0.25) is 0 Å². The first-order valence-corrected chi connectivity index (χ1v) is 5.45. The summed E-state index contributed by atoms with van der Waals surface area (Å²) in [6.07, 6.45) is 0.904. The van der Waals surface area contributed by atoms with Crippen molar-refractivity contribution in [3.63, 3.8) is 0 Å². The van der Waals surface area contributed by atoms with Crippen molar-refractivity contribution in [1.29, 1.82) is 0 Å². The molecule has 1 aromatic rings. The molecule has 82 valence electrons. The van der Waals surface area contributed by atoms with E-state index in [1.807, 2.05) is 6.92 Å². The average Bonchev–Trinajstić information content (AvgIpc) is 2.21. The summed E-state index contributed by atoms with van der Waals surface area (Å²) >= 11 is 3.23. The topological polar surface area (TPSA) is 50.4 Å². The summed E-state index contributed by atoms with van der Waals surface area (Å²) in [4.78, 5) is 4.02. The fraction of sp³-hybridized carbons (Fsp3) is 0.300. The highest BCUT2D eigenvalue weighted by atomic mass is 79.9. The molecule has 3 nitrogen and oxygen atoms in total. The fourth-order valence-corrected chi connectivity index (χ4v) is 1.46. The van der Waals surface area contributed by atoms with Crippen molar-refractivity contribution < 1.29 is 4.39 Å². The minimum Gasteiger partial charge on any atom is -0.370 e. The Morgan fingerprint density at radius 2 is 2.33 bits per heavy atom. The monoisotopic (exact) mass is 273 g/mol. The van der Waals surface area contributed by atoms with Crippen LogP contribution in [-0.4, -0.2) is 12.5 Å². The van der Waals surface area contributed by atoms with E-state index < -0.39 is 0 Å². The van der Waals surface area contributed by atoms with Gasteiger partial charge in [0, 0.05) is 11.0 Å². The smallest absolute Gasteiger partial charge is 0.193 e. The lowest BCUT2D eigenvalue weighted by atomic mass is 10.3. The van der Waals surface area contributed by atoms with Gasteiger partial charge in [0.15, 0.2) is 5.96 Å². The number of hydrogen-bond acceptors (Lipinski definition) is 1. The van der Waals surface area contributed by atoms with Crippen molar-refractivity contribution >= 4 is 27.6 Å². The van der Waals surface area contributed by atoms with Gasteiger partial charge in [0.05, 0.1) is 5.69 Å². The third-order valence-electron chi connectivity index (χ3n) is 1.72.